The van der Waals surface area contributed by atoms with E-state index in [0.29, 0.717) is 12.1 Å². The molecule has 0 atom stereocenters. The number of aromatic carboxylic acids is 1. The van der Waals surface area contributed by atoms with E-state index < -0.39 is 5.97 Å². The lowest BCUT2D eigenvalue weighted by Crippen LogP contribution is -2.09. The number of aryl methyl sites for hydroxylation is 1. The van der Waals surface area contributed by atoms with Crippen LogP contribution >= 0.6 is 0 Å². The minimum absolute atomic E-state index is 0.312. The second-order valence-electron chi connectivity index (χ2n) is 4.89. The number of nitrogens with zero attached hydrogens (tertiary/aromatic N) is 4. The highest BCUT2D eigenvalue weighted by Gasteiger charge is 2.15. The van der Waals surface area contributed by atoms with Crippen molar-refractivity contribution in [3.8, 4) is 0 Å². The quantitative estimate of drug-likeness (QED) is 0.780. The molecule has 6 heteroatoms. The Morgan fingerprint density at radius 1 is 1.33 bits per heavy atom. The molecule has 1 aromatic carbocycles. The standard InChI is InChI=1S/C15H16N4O2/c1-2-7-19-14(16-10-17-19)9-18-8-12(15(20)21)11-5-3-4-6-13(11)18/h3-6,8,10H,2,7,9H2,1H3,(H,20,21). The van der Waals surface area contributed by atoms with E-state index in [2.05, 4.69) is 17.0 Å². The number of aromatic nitrogens is 4. The largest absolute Gasteiger partial charge is 0.478 e. The van der Waals surface area contributed by atoms with E-state index in [1.54, 1.807) is 6.20 Å². The molecule has 0 bridgehead atoms. The lowest BCUT2D eigenvalue weighted by atomic mass is 10.2. The van der Waals surface area contributed by atoms with Gasteiger partial charge in [0.15, 0.2) is 0 Å². The fraction of sp³-hybridized carbons (Fsp3) is 0.267. The van der Waals surface area contributed by atoms with Crippen LogP contribution < -0.4 is 0 Å². The molecule has 6 nitrogen and oxygen atoms in total. The molecule has 3 aromatic rings. The summed E-state index contributed by atoms with van der Waals surface area (Å²) in [5.74, 6) is -0.0884. The molecular formula is C15H16N4O2. The van der Waals surface area contributed by atoms with Crippen molar-refractivity contribution in [1.29, 1.82) is 0 Å². The maximum Gasteiger partial charge on any atom is 0.337 e. The van der Waals surface area contributed by atoms with Crippen molar-refractivity contribution in [2.24, 2.45) is 0 Å². The first-order valence-corrected chi connectivity index (χ1v) is 6.88. The number of para-hydroxylation sites is 1. The third-order valence-corrected chi connectivity index (χ3v) is 3.46. The number of benzene rings is 1. The molecule has 0 aliphatic carbocycles. The molecule has 3 rings (SSSR count). The van der Waals surface area contributed by atoms with Gasteiger partial charge in [-0.25, -0.2) is 14.5 Å². The molecule has 2 heterocycles. The van der Waals surface area contributed by atoms with Crippen molar-refractivity contribution in [2.45, 2.75) is 26.4 Å². The molecule has 1 N–H and O–H groups in total. The van der Waals surface area contributed by atoms with Crippen molar-refractivity contribution in [3.63, 3.8) is 0 Å². The summed E-state index contributed by atoms with van der Waals surface area (Å²) in [6.07, 6.45) is 4.18. The van der Waals surface area contributed by atoms with Gasteiger partial charge in [0.2, 0.25) is 0 Å². The highest BCUT2D eigenvalue weighted by molar-refractivity contribution is 6.03. The normalized spacial score (nSPS) is 11.1. The Hall–Kier alpha value is -2.63. The minimum atomic E-state index is -0.917. The second-order valence-corrected chi connectivity index (χ2v) is 4.89. The number of rotatable bonds is 5. The molecule has 21 heavy (non-hydrogen) atoms. The van der Waals surface area contributed by atoms with Gasteiger partial charge in [0.1, 0.15) is 12.2 Å². The molecule has 0 amide bonds. The van der Waals surface area contributed by atoms with Crippen LogP contribution in [0.4, 0.5) is 0 Å². The van der Waals surface area contributed by atoms with Crippen LogP contribution in [-0.4, -0.2) is 30.4 Å². The number of carboxylic acid groups (broad SMARTS) is 1. The van der Waals surface area contributed by atoms with Gasteiger partial charge in [-0.2, -0.15) is 5.10 Å². The van der Waals surface area contributed by atoms with Crippen LogP contribution in [0.15, 0.2) is 36.8 Å². The fourth-order valence-electron chi connectivity index (χ4n) is 2.51. The summed E-state index contributed by atoms with van der Waals surface area (Å²) in [4.78, 5) is 15.6. The summed E-state index contributed by atoms with van der Waals surface area (Å²) < 4.78 is 3.77. The number of carboxylic acids is 1. The van der Waals surface area contributed by atoms with E-state index in [-0.39, 0.29) is 0 Å². The maximum atomic E-state index is 11.4. The predicted octanol–water partition coefficient (Wildman–Crippen LogP) is 2.39. The van der Waals surface area contributed by atoms with Gasteiger partial charge in [0, 0.05) is 23.6 Å². The zero-order valence-corrected chi connectivity index (χ0v) is 11.7. The number of fused-ring (bicyclic) bond motifs is 1. The van der Waals surface area contributed by atoms with E-state index in [4.69, 9.17) is 0 Å². The van der Waals surface area contributed by atoms with E-state index in [0.717, 1.165) is 29.7 Å². The smallest absolute Gasteiger partial charge is 0.337 e. The summed E-state index contributed by atoms with van der Waals surface area (Å²) in [7, 11) is 0. The Bertz CT molecular complexity index is 788. The topological polar surface area (TPSA) is 72.9 Å². The first-order chi connectivity index (χ1) is 10.2. The molecule has 0 saturated carbocycles. The molecule has 2 aromatic heterocycles. The second kappa shape index (κ2) is 5.40. The Morgan fingerprint density at radius 2 is 2.14 bits per heavy atom. The van der Waals surface area contributed by atoms with Gasteiger partial charge in [0.05, 0.1) is 12.1 Å². The lowest BCUT2D eigenvalue weighted by Gasteiger charge is -2.06. The molecular weight excluding hydrogens is 268 g/mol. The highest BCUT2D eigenvalue weighted by Crippen LogP contribution is 2.22. The van der Waals surface area contributed by atoms with Crippen molar-refractivity contribution in [1.82, 2.24) is 19.3 Å². The number of carbonyl (C=O) groups is 1. The predicted molar refractivity (Wildman–Crippen MR) is 78.3 cm³/mol. The van der Waals surface area contributed by atoms with E-state index in [9.17, 15) is 9.90 Å². The molecule has 0 aliphatic heterocycles. The van der Waals surface area contributed by atoms with Gasteiger partial charge in [0.25, 0.3) is 0 Å². The summed E-state index contributed by atoms with van der Waals surface area (Å²) >= 11 is 0. The van der Waals surface area contributed by atoms with Crippen LogP contribution in [0, 0.1) is 0 Å². The number of hydrogen-bond acceptors (Lipinski definition) is 3. The zero-order chi connectivity index (χ0) is 14.8. The zero-order valence-electron chi connectivity index (χ0n) is 11.7. The van der Waals surface area contributed by atoms with Gasteiger partial charge >= 0.3 is 5.97 Å². The third kappa shape index (κ3) is 2.40. The van der Waals surface area contributed by atoms with Crippen molar-refractivity contribution < 1.29 is 9.90 Å². The molecule has 0 unspecified atom stereocenters. The SMILES string of the molecule is CCCn1ncnc1Cn1cc(C(=O)O)c2ccccc21. The van der Waals surface area contributed by atoms with Crippen LogP contribution in [0.2, 0.25) is 0 Å². The van der Waals surface area contributed by atoms with Crippen LogP contribution in [0.3, 0.4) is 0 Å². The van der Waals surface area contributed by atoms with E-state index >= 15 is 0 Å². The average Bonchev–Trinajstić information content (AvgIpc) is 3.06. The van der Waals surface area contributed by atoms with Crippen LogP contribution in [0.5, 0.6) is 0 Å². The highest BCUT2D eigenvalue weighted by atomic mass is 16.4. The molecule has 0 spiro atoms. The van der Waals surface area contributed by atoms with Crippen LogP contribution in [0.1, 0.15) is 29.5 Å². The van der Waals surface area contributed by atoms with Crippen LogP contribution in [0.25, 0.3) is 10.9 Å². The molecule has 0 saturated heterocycles. The molecule has 0 fully saturated rings. The minimum Gasteiger partial charge on any atom is -0.478 e. The summed E-state index contributed by atoms with van der Waals surface area (Å²) in [5.41, 5.74) is 1.20. The number of hydrogen-bond donors (Lipinski definition) is 1. The summed E-state index contributed by atoms with van der Waals surface area (Å²) in [6, 6.07) is 7.49. The van der Waals surface area contributed by atoms with Gasteiger partial charge in [-0.05, 0) is 12.5 Å². The fourth-order valence-corrected chi connectivity index (χ4v) is 2.51. The molecule has 108 valence electrons. The lowest BCUT2D eigenvalue weighted by molar-refractivity contribution is 0.0699. The first kappa shape index (κ1) is 13.4. The van der Waals surface area contributed by atoms with E-state index in [1.165, 1.54) is 6.33 Å². The Morgan fingerprint density at radius 3 is 2.90 bits per heavy atom. The van der Waals surface area contributed by atoms with Gasteiger partial charge in [-0.3, -0.25) is 0 Å². The maximum absolute atomic E-state index is 11.4. The van der Waals surface area contributed by atoms with Crippen molar-refractivity contribution >= 4 is 16.9 Å². The Labute approximate surface area is 121 Å². The molecule has 0 radical (unpaired) electrons. The molecule has 0 aliphatic rings. The monoisotopic (exact) mass is 284 g/mol. The van der Waals surface area contributed by atoms with Crippen molar-refractivity contribution in [2.75, 3.05) is 0 Å². The van der Waals surface area contributed by atoms with Gasteiger partial charge < -0.3 is 9.67 Å². The summed E-state index contributed by atoms with van der Waals surface area (Å²) in [6.45, 7) is 3.40. The average molecular weight is 284 g/mol. The van der Waals surface area contributed by atoms with E-state index in [1.807, 2.05) is 33.5 Å². The third-order valence-electron chi connectivity index (χ3n) is 3.46. The summed E-state index contributed by atoms with van der Waals surface area (Å²) in [5, 5.41) is 14.3. The Balaban J connectivity index is 2.04. The first-order valence-electron chi connectivity index (χ1n) is 6.88. The van der Waals surface area contributed by atoms with Gasteiger partial charge in [-0.1, -0.05) is 25.1 Å². The Kier molecular flexibility index (Phi) is 3.43. The van der Waals surface area contributed by atoms with Gasteiger partial charge in [-0.15, -0.1) is 0 Å². The van der Waals surface area contributed by atoms with Crippen LogP contribution in [-0.2, 0) is 13.1 Å². The van der Waals surface area contributed by atoms with Crippen molar-refractivity contribution in [3.05, 3.63) is 48.2 Å².